The van der Waals surface area contributed by atoms with Gasteiger partial charge in [-0.2, -0.15) is 5.10 Å². The van der Waals surface area contributed by atoms with E-state index >= 15 is 0 Å². The molecule has 0 bridgehead atoms. The predicted molar refractivity (Wildman–Crippen MR) is 86.3 cm³/mol. The Labute approximate surface area is 137 Å². The van der Waals surface area contributed by atoms with Crippen molar-refractivity contribution in [1.82, 2.24) is 15.1 Å². The zero-order valence-corrected chi connectivity index (χ0v) is 14.4. The molecule has 1 atom stereocenters. The molecule has 2 heterocycles. The highest BCUT2D eigenvalue weighted by Crippen LogP contribution is 2.36. The summed E-state index contributed by atoms with van der Waals surface area (Å²) in [6, 6.07) is 0. The van der Waals surface area contributed by atoms with Crippen molar-refractivity contribution in [2.24, 2.45) is 7.05 Å². The molecule has 3 rings (SSSR count). The molecule has 1 aromatic heterocycles. The average Bonchev–Trinajstić information content (AvgIpc) is 2.91. The second-order valence-corrected chi connectivity index (χ2v) is 6.76. The highest BCUT2D eigenvalue weighted by Gasteiger charge is 2.41. The van der Waals surface area contributed by atoms with Crippen LogP contribution in [0, 0.1) is 13.8 Å². The van der Waals surface area contributed by atoms with Crippen LogP contribution < -0.4 is 5.32 Å². The number of aryl methyl sites for hydroxylation is 2. The SMILES string of the molecule is Cc1nn(C)c(C)c1C(=O)NC[C@H]1COC2(CCCCCC2)O1. The first-order valence-electron chi connectivity index (χ1n) is 8.61. The number of carbonyl (C=O) groups excluding carboxylic acids is 1. The maximum atomic E-state index is 12.4. The van der Waals surface area contributed by atoms with Crippen LogP contribution in [0.5, 0.6) is 0 Å². The second-order valence-electron chi connectivity index (χ2n) is 6.76. The first-order valence-corrected chi connectivity index (χ1v) is 8.61. The van der Waals surface area contributed by atoms with Crippen LogP contribution in [0.4, 0.5) is 0 Å². The van der Waals surface area contributed by atoms with Gasteiger partial charge in [-0.05, 0) is 26.7 Å². The summed E-state index contributed by atoms with van der Waals surface area (Å²) in [7, 11) is 1.85. The fraction of sp³-hybridized carbons (Fsp3) is 0.765. The molecule has 2 fully saturated rings. The average molecular weight is 321 g/mol. The van der Waals surface area contributed by atoms with Gasteiger partial charge in [0.1, 0.15) is 6.10 Å². The normalized spacial score (nSPS) is 23.9. The van der Waals surface area contributed by atoms with E-state index in [1.165, 1.54) is 12.8 Å². The lowest BCUT2D eigenvalue weighted by Crippen LogP contribution is -2.36. The van der Waals surface area contributed by atoms with Gasteiger partial charge in [0, 0.05) is 32.1 Å². The third kappa shape index (κ3) is 3.43. The van der Waals surface area contributed by atoms with Gasteiger partial charge in [-0.1, -0.05) is 12.8 Å². The van der Waals surface area contributed by atoms with E-state index in [9.17, 15) is 4.79 Å². The number of aromatic nitrogens is 2. The van der Waals surface area contributed by atoms with Crippen molar-refractivity contribution in [3.8, 4) is 0 Å². The molecule has 0 radical (unpaired) electrons. The van der Waals surface area contributed by atoms with E-state index in [0.29, 0.717) is 18.7 Å². The molecule has 1 aliphatic carbocycles. The van der Waals surface area contributed by atoms with Crippen LogP contribution in [0.3, 0.4) is 0 Å². The molecule has 1 N–H and O–H groups in total. The summed E-state index contributed by atoms with van der Waals surface area (Å²) >= 11 is 0. The van der Waals surface area contributed by atoms with Gasteiger partial charge in [0.15, 0.2) is 5.79 Å². The molecule has 0 aromatic carbocycles. The van der Waals surface area contributed by atoms with E-state index < -0.39 is 5.79 Å². The summed E-state index contributed by atoms with van der Waals surface area (Å²) in [5, 5.41) is 7.27. The Kier molecular flexibility index (Phi) is 4.73. The predicted octanol–water partition coefficient (Wildman–Crippen LogP) is 2.23. The molecule has 0 unspecified atom stereocenters. The van der Waals surface area contributed by atoms with Gasteiger partial charge >= 0.3 is 0 Å². The van der Waals surface area contributed by atoms with Crippen LogP contribution in [-0.4, -0.2) is 40.7 Å². The number of nitrogens with zero attached hydrogens (tertiary/aromatic N) is 2. The Morgan fingerprint density at radius 1 is 1.30 bits per heavy atom. The Morgan fingerprint density at radius 2 is 2.00 bits per heavy atom. The van der Waals surface area contributed by atoms with E-state index in [4.69, 9.17) is 9.47 Å². The molecule has 6 heteroatoms. The van der Waals surface area contributed by atoms with Crippen LogP contribution in [-0.2, 0) is 16.5 Å². The van der Waals surface area contributed by atoms with Crippen molar-refractivity contribution < 1.29 is 14.3 Å². The number of hydrogen-bond acceptors (Lipinski definition) is 4. The minimum atomic E-state index is -0.397. The number of hydrogen-bond donors (Lipinski definition) is 1. The largest absolute Gasteiger partial charge is 0.349 e. The molecule has 2 aliphatic rings. The van der Waals surface area contributed by atoms with Gasteiger partial charge in [0.05, 0.1) is 17.9 Å². The van der Waals surface area contributed by atoms with Gasteiger partial charge in [0.2, 0.25) is 0 Å². The molecule has 1 amide bonds. The summed E-state index contributed by atoms with van der Waals surface area (Å²) in [6.07, 6.45) is 6.72. The smallest absolute Gasteiger partial charge is 0.255 e. The maximum Gasteiger partial charge on any atom is 0.255 e. The lowest BCUT2D eigenvalue weighted by Gasteiger charge is -2.26. The van der Waals surface area contributed by atoms with Crippen LogP contribution in [0.15, 0.2) is 0 Å². The van der Waals surface area contributed by atoms with Gasteiger partial charge in [-0.3, -0.25) is 9.48 Å². The topological polar surface area (TPSA) is 65.4 Å². The van der Waals surface area contributed by atoms with Gasteiger partial charge in [-0.25, -0.2) is 0 Å². The van der Waals surface area contributed by atoms with E-state index in [0.717, 1.165) is 37.1 Å². The number of carbonyl (C=O) groups is 1. The summed E-state index contributed by atoms with van der Waals surface area (Å²) < 4.78 is 13.9. The van der Waals surface area contributed by atoms with Crippen molar-refractivity contribution >= 4 is 5.91 Å². The summed E-state index contributed by atoms with van der Waals surface area (Å²) in [5.41, 5.74) is 2.30. The molecule has 6 nitrogen and oxygen atoms in total. The molecule has 1 aliphatic heterocycles. The number of ether oxygens (including phenoxy) is 2. The lowest BCUT2D eigenvalue weighted by atomic mass is 10.1. The van der Waals surface area contributed by atoms with E-state index in [1.54, 1.807) is 4.68 Å². The van der Waals surface area contributed by atoms with Crippen LogP contribution in [0.2, 0.25) is 0 Å². The van der Waals surface area contributed by atoms with Gasteiger partial charge < -0.3 is 14.8 Å². The molecule has 1 saturated heterocycles. The second kappa shape index (κ2) is 6.61. The van der Waals surface area contributed by atoms with Crippen molar-refractivity contribution in [2.45, 2.75) is 64.3 Å². The van der Waals surface area contributed by atoms with Crippen molar-refractivity contribution in [3.63, 3.8) is 0 Å². The standard InChI is InChI=1S/C17H27N3O3/c1-12-15(13(2)20(3)19-12)16(21)18-10-14-11-22-17(23-14)8-6-4-5-7-9-17/h14H,4-11H2,1-3H3,(H,18,21)/t14-/m0/s1. The van der Waals surface area contributed by atoms with Crippen LogP contribution >= 0.6 is 0 Å². The zero-order chi connectivity index (χ0) is 16.4. The van der Waals surface area contributed by atoms with E-state index in [-0.39, 0.29) is 12.0 Å². The fourth-order valence-corrected chi connectivity index (χ4v) is 3.64. The summed E-state index contributed by atoms with van der Waals surface area (Å²) in [5.74, 6) is -0.482. The van der Waals surface area contributed by atoms with Crippen molar-refractivity contribution in [1.29, 1.82) is 0 Å². The minimum Gasteiger partial charge on any atom is -0.349 e. The molecule has 23 heavy (non-hydrogen) atoms. The monoisotopic (exact) mass is 321 g/mol. The fourth-order valence-electron chi connectivity index (χ4n) is 3.64. The quantitative estimate of drug-likeness (QED) is 0.927. The van der Waals surface area contributed by atoms with Crippen molar-refractivity contribution in [2.75, 3.05) is 13.2 Å². The molecular weight excluding hydrogens is 294 g/mol. The maximum absolute atomic E-state index is 12.4. The first kappa shape index (κ1) is 16.5. The van der Waals surface area contributed by atoms with E-state index in [1.807, 2.05) is 20.9 Å². The molecule has 1 spiro atoms. The van der Waals surface area contributed by atoms with Crippen molar-refractivity contribution in [3.05, 3.63) is 17.0 Å². The Hall–Kier alpha value is -1.40. The van der Waals surface area contributed by atoms with Crippen LogP contribution in [0.25, 0.3) is 0 Å². The Bertz CT molecular complexity index is 574. The Balaban J connectivity index is 1.56. The summed E-state index contributed by atoms with van der Waals surface area (Å²) in [6.45, 7) is 4.81. The highest BCUT2D eigenvalue weighted by molar-refractivity contribution is 5.96. The van der Waals surface area contributed by atoms with Gasteiger partial charge in [-0.15, -0.1) is 0 Å². The zero-order valence-electron chi connectivity index (χ0n) is 14.4. The molecule has 1 saturated carbocycles. The Morgan fingerprint density at radius 3 is 2.61 bits per heavy atom. The number of rotatable bonds is 3. The van der Waals surface area contributed by atoms with Gasteiger partial charge in [0.25, 0.3) is 5.91 Å². The minimum absolute atomic E-state index is 0.0608. The molecule has 1 aromatic rings. The number of nitrogens with one attached hydrogen (secondary N) is 1. The third-order valence-electron chi connectivity index (χ3n) is 5.01. The summed E-state index contributed by atoms with van der Waals surface area (Å²) in [4.78, 5) is 12.4. The van der Waals surface area contributed by atoms with Crippen LogP contribution in [0.1, 0.15) is 60.3 Å². The first-order chi connectivity index (χ1) is 11.0. The number of amides is 1. The lowest BCUT2D eigenvalue weighted by molar-refractivity contribution is -0.175. The highest BCUT2D eigenvalue weighted by atomic mass is 16.7. The molecule has 128 valence electrons. The van der Waals surface area contributed by atoms with E-state index in [2.05, 4.69) is 10.4 Å². The third-order valence-corrected chi connectivity index (χ3v) is 5.01. The molecular formula is C17H27N3O3.